The van der Waals surface area contributed by atoms with E-state index in [2.05, 4.69) is 15.6 Å². The van der Waals surface area contributed by atoms with Crippen LogP contribution in [0, 0.1) is 13.8 Å². The number of anilines is 1. The lowest BCUT2D eigenvalue weighted by Gasteiger charge is -2.20. The number of aliphatic imine (C=N–C) groups is 1. The minimum Gasteiger partial charge on any atom is -0.445 e. The average Bonchev–Trinajstić information content (AvgIpc) is 3.23. The molecule has 1 aliphatic carbocycles. The Hall–Kier alpha value is -3.93. The summed E-state index contributed by atoms with van der Waals surface area (Å²) in [5.74, 6) is -0.310. The third-order valence-corrected chi connectivity index (χ3v) is 5.78. The van der Waals surface area contributed by atoms with Gasteiger partial charge in [0, 0.05) is 18.3 Å². The van der Waals surface area contributed by atoms with Gasteiger partial charge in [-0.2, -0.15) is 0 Å². The number of rotatable bonds is 7. The summed E-state index contributed by atoms with van der Waals surface area (Å²) >= 11 is 0. The van der Waals surface area contributed by atoms with Gasteiger partial charge in [0.25, 0.3) is 0 Å². The van der Waals surface area contributed by atoms with E-state index in [-0.39, 0.29) is 18.6 Å². The molecule has 0 saturated carbocycles. The first kappa shape index (κ1) is 22.3. The van der Waals surface area contributed by atoms with Gasteiger partial charge in [-0.1, -0.05) is 60.7 Å². The Kier molecular flexibility index (Phi) is 6.83. The van der Waals surface area contributed by atoms with Gasteiger partial charge in [0.1, 0.15) is 12.6 Å². The number of alkyl carbamates (subject to hydrolysis) is 1. The van der Waals surface area contributed by atoms with Crippen LogP contribution in [0.5, 0.6) is 0 Å². The van der Waals surface area contributed by atoms with Crippen LogP contribution >= 0.6 is 0 Å². The highest BCUT2D eigenvalue weighted by Gasteiger charge is 2.27. The number of benzene rings is 2. The summed E-state index contributed by atoms with van der Waals surface area (Å²) in [5, 5.41) is 5.67. The fraction of sp³-hybridized carbons (Fsp3) is 0.222. The fourth-order valence-electron chi connectivity index (χ4n) is 3.76. The molecular formula is C27H27N3O3. The molecule has 1 aliphatic heterocycles. The van der Waals surface area contributed by atoms with Crippen molar-refractivity contribution in [2.75, 3.05) is 5.32 Å². The molecule has 0 aromatic heterocycles. The van der Waals surface area contributed by atoms with Gasteiger partial charge in [0.15, 0.2) is 0 Å². The Morgan fingerprint density at radius 2 is 1.88 bits per heavy atom. The van der Waals surface area contributed by atoms with Gasteiger partial charge in [0.2, 0.25) is 5.91 Å². The zero-order valence-electron chi connectivity index (χ0n) is 18.7. The number of hydrogen-bond acceptors (Lipinski definition) is 4. The molecule has 2 aliphatic rings. The number of hydrogen-bond donors (Lipinski definition) is 2. The summed E-state index contributed by atoms with van der Waals surface area (Å²) in [4.78, 5) is 30.2. The van der Waals surface area contributed by atoms with Crippen molar-refractivity contribution in [2.24, 2.45) is 4.99 Å². The van der Waals surface area contributed by atoms with E-state index < -0.39 is 12.1 Å². The maximum atomic E-state index is 13.2. The molecular weight excluding hydrogens is 414 g/mol. The summed E-state index contributed by atoms with van der Waals surface area (Å²) in [6.45, 7) is 4.14. The normalized spacial score (nSPS) is 17.0. The first-order valence-electron chi connectivity index (χ1n) is 11.0. The molecule has 0 fully saturated rings. The van der Waals surface area contributed by atoms with Crippen LogP contribution in [0.2, 0.25) is 0 Å². The summed E-state index contributed by atoms with van der Waals surface area (Å²) in [6, 6.07) is 14.3. The lowest BCUT2D eigenvalue weighted by atomic mass is 9.96. The number of carbonyl (C=O) groups is 2. The second kappa shape index (κ2) is 10.1. The molecule has 0 spiro atoms. The molecule has 6 nitrogen and oxygen atoms in total. The van der Waals surface area contributed by atoms with E-state index in [1.807, 2.05) is 86.7 Å². The van der Waals surface area contributed by atoms with Crippen LogP contribution in [0.3, 0.4) is 0 Å². The smallest absolute Gasteiger partial charge is 0.408 e. The molecule has 2 aromatic rings. The van der Waals surface area contributed by atoms with Gasteiger partial charge < -0.3 is 15.4 Å². The van der Waals surface area contributed by atoms with Crippen molar-refractivity contribution < 1.29 is 14.3 Å². The minimum absolute atomic E-state index is 0.0292. The second-order valence-corrected chi connectivity index (χ2v) is 8.20. The molecule has 0 saturated heterocycles. The average molecular weight is 442 g/mol. The van der Waals surface area contributed by atoms with E-state index in [1.165, 1.54) is 0 Å². The van der Waals surface area contributed by atoms with E-state index in [4.69, 9.17) is 4.74 Å². The van der Waals surface area contributed by atoms with Crippen molar-refractivity contribution in [1.82, 2.24) is 5.32 Å². The highest BCUT2D eigenvalue weighted by Crippen LogP contribution is 2.26. The van der Waals surface area contributed by atoms with Gasteiger partial charge in [-0.25, -0.2) is 4.79 Å². The van der Waals surface area contributed by atoms with Crippen molar-refractivity contribution in [3.05, 3.63) is 101 Å². The van der Waals surface area contributed by atoms with Gasteiger partial charge >= 0.3 is 6.09 Å². The largest absolute Gasteiger partial charge is 0.445 e. The van der Waals surface area contributed by atoms with Crippen LogP contribution in [0.25, 0.3) is 0 Å². The Morgan fingerprint density at radius 3 is 2.67 bits per heavy atom. The number of ether oxygens (including phenoxy) is 1. The predicted octanol–water partition coefficient (Wildman–Crippen LogP) is 4.80. The van der Waals surface area contributed by atoms with E-state index in [9.17, 15) is 9.59 Å². The molecule has 0 radical (unpaired) electrons. The first-order valence-corrected chi connectivity index (χ1v) is 11.0. The zero-order chi connectivity index (χ0) is 23.2. The number of amides is 2. The molecule has 2 aromatic carbocycles. The molecule has 2 N–H and O–H groups in total. The van der Waals surface area contributed by atoms with Crippen molar-refractivity contribution in [3.8, 4) is 0 Å². The molecule has 33 heavy (non-hydrogen) atoms. The molecule has 2 atom stereocenters. The molecule has 4 rings (SSSR count). The van der Waals surface area contributed by atoms with Gasteiger partial charge in [0.05, 0.1) is 6.04 Å². The highest BCUT2D eigenvalue weighted by atomic mass is 16.5. The fourth-order valence-corrected chi connectivity index (χ4v) is 3.76. The standard InChI is InChI=1S/C27H27N3O3/c1-18-12-13-22(14-19(18)2)29-26(31)25(15-21-16-28-24-11-7-6-10-23(21)24)30-27(32)33-17-20-8-4-3-5-9-20/h3-14,16,24-25H,15,17H2,1-2H3,(H,29,31)(H,30,32). The van der Waals surface area contributed by atoms with Crippen molar-refractivity contribution in [3.63, 3.8) is 0 Å². The van der Waals surface area contributed by atoms with Crippen molar-refractivity contribution in [2.45, 2.75) is 39.0 Å². The quantitative estimate of drug-likeness (QED) is 0.648. The van der Waals surface area contributed by atoms with Crippen molar-refractivity contribution >= 4 is 23.9 Å². The molecule has 2 unspecified atom stereocenters. The van der Waals surface area contributed by atoms with E-state index in [0.29, 0.717) is 12.1 Å². The van der Waals surface area contributed by atoms with E-state index in [1.54, 1.807) is 6.21 Å². The number of allylic oxidation sites excluding steroid dienone is 2. The number of carbonyl (C=O) groups excluding carboxylic acids is 2. The zero-order valence-corrected chi connectivity index (χ0v) is 18.7. The third-order valence-electron chi connectivity index (χ3n) is 5.78. The Bertz CT molecular complexity index is 1160. The van der Waals surface area contributed by atoms with Crippen LogP contribution in [0.15, 0.2) is 89.0 Å². The number of nitrogens with zero attached hydrogens (tertiary/aromatic N) is 1. The topological polar surface area (TPSA) is 79.8 Å². The molecule has 0 bridgehead atoms. The van der Waals surface area contributed by atoms with Crippen molar-refractivity contribution in [1.29, 1.82) is 0 Å². The number of aryl methyl sites for hydroxylation is 2. The SMILES string of the molecule is Cc1ccc(NC(=O)C(CC2=C3C=CC=CC3N=C2)NC(=O)OCc2ccccc2)cc1C. The molecule has 6 heteroatoms. The van der Waals surface area contributed by atoms with Gasteiger partial charge in [-0.15, -0.1) is 0 Å². The first-order chi connectivity index (χ1) is 16.0. The molecule has 1 heterocycles. The Labute approximate surface area is 193 Å². The summed E-state index contributed by atoms with van der Waals surface area (Å²) in [6.07, 6.45) is 9.36. The predicted molar refractivity (Wildman–Crippen MR) is 130 cm³/mol. The summed E-state index contributed by atoms with van der Waals surface area (Å²) in [5.41, 5.74) is 5.74. The summed E-state index contributed by atoms with van der Waals surface area (Å²) in [7, 11) is 0. The Morgan fingerprint density at radius 1 is 1.06 bits per heavy atom. The minimum atomic E-state index is -0.818. The monoisotopic (exact) mass is 441 g/mol. The van der Waals surface area contributed by atoms with Crippen LogP contribution in [0.4, 0.5) is 10.5 Å². The third kappa shape index (κ3) is 5.66. The van der Waals surface area contributed by atoms with Crippen LogP contribution in [-0.4, -0.2) is 30.3 Å². The van der Waals surface area contributed by atoms with Gasteiger partial charge in [-0.05, 0) is 53.8 Å². The summed E-state index contributed by atoms with van der Waals surface area (Å²) < 4.78 is 5.36. The van der Waals surface area contributed by atoms with E-state index >= 15 is 0 Å². The Balaban J connectivity index is 1.48. The maximum absolute atomic E-state index is 13.2. The lowest BCUT2D eigenvalue weighted by Crippen LogP contribution is -2.44. The van der Waals surface area contributed by atoms with Crippen LogP contribution < -0.4 is 10.6 Å². The molecule has 2 amide bonds. The van der Waals surface area contributed by atoms with Crippen LogP contribution in [-0.2, 0) is 16.1 Å². The van der Waals surface area contributed by atoms with E-state index in [0.717, 1.165) is 27.8 Å². The number of nitrogens with one attached hydrogen (secondary N) is 2. The molecule has 168 valence electrons. The van der Waals surface area contributed by atoms with Crippen LogP contribution in [0.1, 0.15) is 23.1 Å². The second-order valence-electron chi connectivity index (χ2n) is 8.20. The highest BCUT2D eigenvalue weighted by molar-refractivity contribution is 5.98. The maximum Gasteiger partial charge on any atom is 0.408 e. The van der Waals surface area contributed by atoms with Gasteiger partial charge in [-0.3, -0.25) is 9.79 Å². The number of fused-ring (bicyclic) bond motifs is 1. The lowest BCUT2D eigenvalue weighted by molar-refractivity contribution is -0.118.